The van der Waals surface area contributed by atoms with Crippen molar-refractivity contribution < 1.29 is 4.79 Å². The monoisotopic (exact) mass is 224 g/mol. The molecule has 1 unspecified atom stereocenters. The first-order valence-electron chi connectivity index (χ1n) is 5.43. The Bertz CT molecular complexity index is 337. The number of hydrogen-bond acceptors (Lipinski definition) is 4. The molecule has 1 aliphatic rings. The summed E-state index contributed by atoms with van der Waals surface area (Å²) < 4.78 is 0. The molecule has 0 amide bonds. The number of aromatic nitrogens is 1. The summed E-state index contributed by atoms with van der Waals surface area (Å²) in [7, 11) is 0. The summed E-state index contributed by atoms with van der Waals surface area (Å²) >= 11 is 1.70. The van der Waals surface area contributed by atoms with Gasteiger partial charge in [-0.15, -0.1) is 11.3 Å². The fourth-order valence-electron chi connectivity index (χ4n) is 2.01. The van der Waals surface area contributed by atoms with Gasteiger partial charge >= 0.3 is 0 Å². The lowest BCUT2D eigenvalue weighted by Gasteiger charge is -2.11. The van der Waals surface area contributed by atoms with Crippen LogP contribution in [0.1, 0.15) is 30.0 Å². The van der Waals surface area contributed by atoms with E-state index in [9.17, 15) is 4.79 Å². The molecule has 0 saturated carbocycles. The smallest absolute Gasteiger partial charge is 0.125 e. The van der Waals surface area contributed by atoms with E-state index in [0.717, 1.165) is 25.1 Å². The molecule has 2 rings (SSSR count). The fourth-order valence-corrected chi connectivity index (χ4v) is 2.97. The molecule has 1 aliphatic heterocycles. The van der Waals surface area contributed by atoms with Gasteiger partial charge in [-0.2, -0.15) is 0 Å². The van der Waals surface area contributed by atoms with Gasteiger partial charge in [0.1, 0.15) is 6.29 Å². The van der Waals surface area contributed by atoms with Crippen LogP contribution in [0.3, 0.4) is 0 Å². The minimum Gasteiger partial charge on any atom is -0.303 e. The second-order valence-electron chi connectivity index (χ2n) is 3.93. The molecule has 4 heteroatoms. The maximum absolute atomic E-state index is 10.4. The zero-order valence-electron chi connectivity index (χ0n) is 8.98. The molecule has 1 saturated heterocycles. The number of hydrogen-bond donors (Lipinski definition) is 0. The topological polar surface area (TPSA) is 33.2 Å². The third kappa shape index (κ3) is 2.44. The van der Waals surface area contributed by atoms with E-state index in [0.29, 0.717) is 12.3 Å². The van der Waals surface area contributed by atoms with Crippen molar-refractivity contribution >= 4 is 17.6 Å². The lowest BCUT2D eigenvalue weighted by molar-refractivity contribution is -0.107. The molecular weight excluding hydrogens is 208 g/mol. The summed E-state index contributed by atoms with van der Waals surface area (Å²) in [5, 5.41) is 3.22. The number of aldehydes is 1. The van der Waals surface area contributed by atoms with E-state index < -0.39 is 0 Å². The molecule has 1 fully saturated rings. The highest BCUT2D eigenvalue weighted by Crippen LogP contribution is 2.29. The molecule has 0 bridgehead atoms. The van der Waals surface area contributed by atoms with E-state index in [1.165, 1.54) is 18.0 Å². The highest BCUT2D eigenvalue weighted by Gasteiger charge is 2.24. The molecule has 0 spiro atoms. The van der Waals surface area contributed by atoms with Gasteiger partial charge < -0.3 is 9.69 Å². The lowest BCUT2D eigenvalue weighted by Crippen LogP contribution is -2.19. The fraction of sp³-hybridized carbons (Fsp3) is 0.636. The Morgan fingerprint density at radius 1 is 1.73 bits per heavy atom. The molecule has 0 aromatic carbocycles. The van der Waals surface area contributed by atoms with Gasteiger partial charge in [-0.1, -0.05) is 6.92 Å². The van der Waals surface area contributed by atoms with E-state index in [-0.39, 0.29) is 0 Å². The van der Waals surface area contributed by atoms with Crippen LogP contribution in [-0.4, -0.2) is 35.8 Å². The molecule has 82 valence electrons. The van der Waals surface area contributed by atoms with Crippen molar-refractivity contribution in [3.05, 3.63) is 16.1 Å². The van der Waals surface area contributed by atoms with Crippen molar-refractivity contribution in [2.75, 3.05) is 19.6 Å². The highest BCUT2D eigenvalue weighted by atomic mass is 32.1. The molecule has 2 heterocycles. The van der Waals surface area contributed by atoms with Crippen molar-refractivity contribution in [3.8, 4) is 0 Å². The number of carbonyl (C=O) groups excluding carboxylic acids is 1. The van der Waals surface area contributed by atoms with Gasteiger partial charge in [0.05, 0.1) is 10.7 Å². The number of nitrogens with zero attached hydrogens (tertiary/aromatic N) is 2. The van der Waals surface area contributed by atoms with Crippen LogP contribution in [0.4, 0.5) is 0 Å². The maximum Gasteiger partial charge on any atom is 0.125 e. The Hall–Kier alpha value is -0.740. The molecule has 15 heavy (non-hydrogen) atoms. The standard InChI is InChI=1S/C11H16N2OS/c1-2-13-5-3-9(7-13)11-12-10(4-6-14)8-15-11/h6,8-9H,2-5,7H2,1H3. The average Bonchev–Trinajstić information content (AvgIpc) is 2.85. The summed E-state index contributed by atoms with van der Waals surface area (Å²) in [6.45, 7) is 5.64. The summed E-state index contributed by atoms with van der Waals surface area (Å²) in [5.74, 6) is 0.593. The van der Waals surface area contributed by atoms with Crippen molar-refractivity contribution in [2.24, 2.45) is 0 Å². The molecule has 0 radical (unpaired) electrons. The first kappa shape index (κ1) is 10.8. The molecular formula is C11H16N2OS. The van der Waals surface area contributed by atoms with Crippen LogP contribution < -0.4 is 0 Å². The third-order valence-corrected chi connectivity index (χ3v) is 3.99. The zero-order chi connectivity index (χ0) is 10.7. The maximum atomic E-state index is 10.4. The van der Waals surface area contributed by atoms with Crippen molar-refractivity contribution in [1.82, 2.24) is 9.88 Å². The van der Waals surface area contributed by atoms with Gasteiger partial charge in [-0.05, 0) is 19.5 Å². The lowest BCUT2D eigenvalue weighted by atomic mass is 10.1. The van der Waals surface area contributed by atoms with E-state index in [1.807, 2.05) is 5.38 Å². The Kier molecular flexibility index (Phi) is 3.49. The van der Waals surface area contributed by atoms with Crippen molar-refractivity contribution in [2.45, 2.75) is 25.7 Å². The number of carbonyl (C=O) groups is 1. The average molecular weight is 224 g/mol. The summed E-state index contributed by atoms with van der Waals surface area (Å²) in [4.78, 5) is 17.3. The molecule has 0 aliphatic carbocycles. The normalized spacial score (nSPS) is 22.1. The predicted molar refractivity (Wildman–Crippen MR) is 61.4 cm³/mol. The number of likely N-dealkylation sites (tertiary alicyclic amines) is 1. The summed E-state index contributed by atoms with van der Waals surface area (Å²) in [6.07, 6.45) is 2.59. The second kappa shape index (κ2) is 4.86. The van der Waals surface area contributed by atoms with Crippen LogP contribution >= 0.6 is 11.3 Å². The van der Waals surface area contributed by atoms with Crippen LogP contribution in [-0.2, 0) is 11.2 Å². The number of thiazole rings is 1. The Balaban J connectivity index is 2.00. The SMILES string of the molecule is CCN1CCC(c2nc(CC=O)cs2)C1. The van der Waals surface area contributed by atoms with Gasteiger partial charge in [0.15, 0.2) is 0 Å². The minimum atomic E-state index is 0.459. The summed E-state index contributed by atoms with van der Waals surface area (Å²) in [6, 6.07) is 0. The summed E-state index contributed by atoms with van der Waals surface area (Å²) in [5.41, 5.74) is 0.931. The van der Waals surface area contributed by atoms with Gasteiger partial charge in [0.25, 0.3) is 0 Å². The first-order valence-corrected chi connectivity index (χ1v) is 6.31. The van der Waals surface area contributed by atoms with Gasteiger partial charge in [-0.25, -0.2) is 4.98 Å². The largest absolute Gasteiger partial charge is 0.303 e. The van der Waals surface area contributed by atoms with Crippen LogP contribution in [0.2, 0.25) is 0 Å². The first-order chi connectivity index (χ1) is 7.33. The second-order valence-corrected chi connectivity index (χ2v) is 4.82. The van der Waals surface area contributed by atoms with Crippen LogP contribution in [0.15, 0.2) is 5.38 Å². The van der Waals surface area contributed by atoms with Crippen LogP contribution in [0, 0.1) is 0 Å². The van der Waals surface area contributed by atoms with Gasteiger partial charge in [0, 0.05) is 24.3 Å². The number of likely N-dealkylation sites (N-methyl/N-ethyl adjacent to an activating group) is 1. The molecule has 1 aromatic heterocycles. The predicted octanol–water partition coefficient (Wildman–Crippen LogP) is 1.69. The Morgan fingerprint density at radius 2 is 2.60 bits per heavy atom. The quantitative estimate of drug-likeness (QED) is 0.730. The third-order valence-electron chi connectivity index (χ3n) is 2.93. The van der Waals surface area contributed by atoms with E-state index in [4.69, 9.17) is 0 Å². The molecule has 0 N–H and O–H groups in total. The minimum absolute atomic E-state index is 0.459. The molecule has 1 aromatic rings. The van der Waals surface area contributed by atoms with E-state index in [1.54, 1.807) is 11.3 Å². The number of rotatable bonds is 4. The van der Waals surface area contributed by atoms with Gasteiger partial charge in [-0.3, -0.25) is 0 Å². The zero-order valence-corrected chi connectivity index (χ0v) is 9.80. The molecule has 3 nitrogen and oxygen atoms in total. The van der Waals surface area contributed by atoms with E-state index >= 15 is 0 Å². The van der Waals surface area contributed by atoms with E-state index in [2.05, 4.69) is 16.8 Å². The van der Waals surface area contributed by atoms with Crippen LogP contribution in [0.25, 0.3) is 0 Å². The van der Waals surface area contributed by atoms with Gasteiger partial charge in [0.2, 0.25) is 0 Å². The molecule has 1 atom stereocenters. The van der Waals surface area contributed by atoms with Crippen LogP contribution in [0.5, 0.6) is 0 Å². The highest BCUT2D eigenvalue weighted by molar-refractivity contribution is 7.09. The Morgan fingerprint density at radius 3 is 3.27 bits per heavy atom. The van der Waals surface area contributed by atoms with Crippen molar-refractivity contribution in [3.63, 3.8) is 0 Å². The Labute approximate surface area is 94.1 Å². The van der Waals surface area contributed by atoms with Crippen molar-refractivity contribution in [1.29, 1.82) is 0 Å².